The van der Waals surface area contributed by atoms with E-state index in [9.17, 15) is 23.3 Å². The first-order valence-electron chi connectivity index (χ1n) is 5.26. The number of hydrogen-bond acceptors (Lipinski definition) is 6. The zero-order valence-corrected chi connectivity index (χ0v) is 11.4. The van der Waals surface area contributed by atoms with Crippen molar-refractivity contribution in [3.63, 3.8) is 0 Å². The Balaban J connectivity index is 3.20. The third-order valence-electron chi connectivity index (χ3n) is 2.43. The van der Waals surface area contributed by atoms with Crippen LogP contribution < -0.4 is 4.89 Å². The van der Waals surface area contributed by atoms with E-state index >= 15 is 0 Å². The molecule has 10 heteroatoms. The molecule has 0 aliphatic carbocycles. The van der Waals surface area contributed by atoms with Crippen LogP contribution in [0.3, 0.4) is 0 Å². The quantitative estimate of drug-likeness (QED) is 0.577. The Morgan fingerprint density at radius 3 is 2.45 bits per heavy atom. The number of carboxylic acid groups (broad SMARTS) is 1. The molecule has 2 N–H and O–H groups in total. The molecule has 0 aromatic heterocycles. The summed E-state index contributed by atoms with van der Waals surface area (Å²) in [5.74, 6) is -1.39. The Hall–Kier alpha value is -2.04. The average Bonchev–Trinajstić information content (AvgIpc) is 2.30. The molecule has 0 radical (unpaired) electrons. The van der Waals surface area contributed by atoms with Crippen molar-refractivity contribution in [1.29, 1.82) is 0 Å². The average molecular weight is 304 g/mol. The van der Waals surface area contributed by atoms with Crippen LogP contribution in [-0.2, 0) is 19.7 Å². The van der Waals surface area contributed by atoms with Crippen molar-refractivity contribution in [3.8, 4) is 0 Å². The second-order valence-corrected chi connectivity index (χ2v) is 5.54. The number of nitrogens with one attached hydrogen (secondary N) is 1. The molecule has 0 aliphatic heterocycles. The highest BCUT2D eigenvalue weighted by Crippen LogP contribution is 2.27. The van der Waals surface area contributed by atoms with Gasteiger partial charge >= 0.3 is 5.97 Å². The predicted molar refractivity (Wildman–Crippen MR) is 66.5 cm³/mol. The molecule has 1 aromatic rings. The number of sulfonamides is 1. The standard InChI is InChI=1S/C10H12N2O7S/c1-6-3-8(12(15)16)9(4-7(6)2)20(17,18)11-19-5-10(13)14/h3-4,11H,5H2,1-2H3,(H,13,14). The smallest absolute Gasteiger partial charge is 0.331 e. The summed E-state index contributed by atoms with van der Waals surface area (Å²) < 4.78 is 23.7. The first-order chi connectivity index (χ1) is 9.15. The molecule has 0 heterocycles. The minimum atomic E-state index is -4.35. The second-order valence-electron chi connectivity index (χ2n) is 3.93. The Morgan fingerprint density at radius 2 is 1.95 bits per heavy atom. The van der Waals surface area contributed by atoms with E-state index in [1.54, 1.807) is 13.8 Å². The van der Waals surface area contributed by atoms with Crippen LogP contribution in [-0.4, -0.2) is 31.0 Å². The monoisotopic (exact) mass is 304 g/mol. The Kier molecular flexibility index (Phi) is 4.76. The summed E-state index contributed by atoms with van der Waals surface area (Å²) in [6.07, 6.45) is 0. The molecule has 0 aliphatic rings. The van der Waals surface area contributed by atoms with Gasteiger partial charge in [-0.25, -0.2) is 13.2 Å². The zero-order valence-electron chi connectivity index (χ0n) is 10.6. The summed E-state index contributed by atoms with van der Waals surface area (Å²) in [6, 6.07) is 2.25. The van der Waals surface area contributed by atoms with Gasteiger partial charge in [-0.2, -0.15) is 0 Å². The van der Waals surface area contributed by atoms with Gasteiger partial charge in [-0.1, -0.05) is 4.89 Å². The van der Waals surface area contributed by atoms with E-state index in [4.69, 9.17) is 5.11 Å². The van der Waals surface area contributed by atoms with Gasteiger partial charge in [0.15, 0.2) is 11.5 Å². The molecular weight excluding hydrogens is 292 g/mol. The number of nitrogens with zero attached hydrogens (tertiary/aromatic N) is 1. The highest BCUT2D eigenvalue weighted by molar-refractivity contribution is 7.89. The number of nitro groups is 1. The lowest BCUT2D eigenvalue weighted by atomic mass is 10.1. The van der Waals surface area contributed by atoms with E-state index in [1.807, 2.05) is 0 Å². The number of aliphatic carboxylic acids is 1. The van der Waals surface area contributed by atoms with Crippen LogP contribution >= 0.6 is 0 Å². The lowest BCUT2D eigenvalue weighted by molar-refractivity contribution is -0.387. The number of rotatable bonds is 6. The molecular formula is C10H12N2O7S. The maximum atomic E-state index is 11.9. The van der Waals surface area contributed by atoms with Crippen LogP contribution in [0.5, 0.6) is 0 Å². The fraction of sp³-hybridized carbons (Fsp3) is 0.300. The number of nitro benzene ring substituents is 1. The molecule has 0 spiro atoms. The van der Waals surface area contributed by atoms with E-state index in [-0.39, 0.29) is 0 Å². The van der Waals surface area contributed by atoms with Gasteiger partial charge in [0.2, 0.25) is 0 Å². The molecule has 1 rings (SSSR count). The van der Waals surface area contributed by atoms with Gasteiger partial charge < -0.3 is 5.11 Å². The lowest BCUT2D eigenvalue weighted by Crippen LogP contribution is -2.27. The van der Waals surface area contributed by atoms with Crippen molar-refractivity contribution in [1.82, 2.24) is 4.89 Å². The number of benzene rings is 1. The van der Waals surface area contributed by atoms with Crippen molar-refractivity contribution in [2.75, 3.05) is 6.61 Å². The van der Waals surface area contributed by atoms with E-state index in [0.717, 1.165) is 12.1 Å². The van der Waals surface area contributed by atoms with Gasteiger partial charge in [-0.3, -0.25) is 15.0 Å². The van der Waals surface area contributed by atoms with Gasteiger partial charge in [-0.05, 0) is 31.0 Å². The summed E-state index contributed by atoms with van der Waals surface area (Å²) in [5, 5.41) is 19.2. The Bertz CT molecular complexity index is 654. The van der Waals surface area contributed by atoms with E-state index in [0.29, 0.717) is 11.1 Å². The highest BCUT2D eigenvalue weighted by Gasteiger charge is 2.27. The maximum Gasteiger partial charge on any atom is 0.331 e. The van der Waals surface area contributed by atoms with Crippen molar-refractivity contribution in [3.05, 3.63) is 33.4 Å². The van der Waals surface area contributed by atoms with Crippen LogP contribution in [0.25, 0.3) is 0 Å². The van der Waals surface area contributed by atoms with Gasteiger partial charge in [0, 0.05) is 6.07 Å². The molecule has 110 valence electrons. The minimum absolute atomic E-state index is 0.536. The third-order valence-corrected chi connectivity index (χ3v) is 3.67. The van der Waals surface area contributed by atoms with Crippen molar-refractivity contribution < 1.29 is 28.1 Å². The lowest BCUT2D eigenvalue weighted by Gasteiger charge is -2.08. The molecule has 0 saturated heterocycles. The van der Waals surface area contributed by atoms with Crippen molar-refractivity contribution >= 4 is 21.7 Å². The first kappa shape index (κ1) is 16.0. The molecule has 0 unspecified atom stereocenters. The van der Waals surface area contributed by atoms with E-state index < -0.39 is 38.1 Å². The van der Waals surface area contributed by atoms with Gasteiger partial charge in [0.05, 0.1) is 4.92 Å². The topological polar surface area (TPSA) is 136 Å². The SMILES string of the molecule is Cc1cc([N+](=O)[O-])c(S(=O)(=O)NOCC(=O)O)cc1C. The summed E-state index contributed by atoms with van der Waals surface area (Å²) in [6.45, 7) is 2.29. The fourth-order valence-electron chi connectivity index (χ4n) is 1.35. The number of aryl methyl sites for hydroxylation is 2. The molecule has 0 saturated carbocycles. The number of carbonyl (C=O) groups is 1. The second kappa shape index (κ2) is 5.94. The Morgan fingerprint density at radius 1 is 1.40 bits per heavy atom. The van der Waals surface area contributed by atoms with Crippen LogP contribution in [0, 0.1) is 24.0 Å². The number of carboxylic acids is 1. The predicted octanol–water partition coefficient (Wildman–Crippen LogP) is 0.506. The van der Waals surface area contributed by atoms with Crippen molar-refractivity contribution in [2.45, 2.75) is 18.7 Å². The summed E-state index contributed by atoms with van der Waals surface area (Å²) in [4.78, 5) is 25.5. The van der Waals surface area contributed by atoms with Crippen molar-refractivity contribution in [2.24, 2.45) is 0 Å². The van der Waals surface area contributed by atoms with Gasteiger partial charge in [0.1, 0.15) is 0 Å². The minimum Gasteiger partial charge on any atom is -0.479 e. The summed E-state index contributed by atoms with van der Waals surface area (Å²) in [5.41, 5.74) is 0.482. The van der Waals surface area contributed by atoms with Crippen LogP contribution in [0.4, 0.5) is 5.69 Å². The third kappa shape index (κ3) is 3.73. The molecule has 20 heavy (non-hydrogen) atoms. The fourth-order valence-corrected chi connectivity index (χ4v) is 2.39. The van der Waals surface area contributed by atoms with Gasteiger partial charge in [0.25, 0.3) is 15.7 Å². The summed E-state index contributed by atoms with van der Waals surface area (Å²) in [7, 11) is -4.35. The molecule has 1 aromatic carbocycles. The van der Waals surface area contributed by atoms with E-state index in [1.165, 1.54) is 4.89 Å². The van der Waals surface area contributed by atoms with Crippen LogP contribution in [0.2, 0.25) is 0 Å². The first-order valence-corrected chi connectivity index (χ1v) is 6.74. The summed E-state index contributed by atoms with van der Waals surface area (Å²) >= 11 is 0. The molecule has 0 bridgehead atoms. The van der Waals surface area contributed by atoms with Crippen LogP contribution in [0.15, 0.2) is 17.0 Å². The van der Waals surface area contributed by atoms with Gasteiger partial charge in [-0.15, -0.1) is 0 Å². The molecule has 0 atom stereocenters. The zero-order chi connectivity index (χ0) is 15.5. The highest BCUT2D eigenvalue weighted by atomic mass is 32.2. The molecule has 0 amide bonds. The van der Waals surface area contributed by atoms with Crippen LogP contribution in [0.1, 0.15) is 11.1 Å². The maximum absolute atomic E-state index is 11.9. The largest absolute Gasteiger partial charge is 0.479 e. The Labute approximate surface area is 114 Å². The molecule has 0 fully saturated rings. The molecule has 9 nitrogen and oxygen atoms in total. The van der Waals surface area contributed by atoms with E-state index in [2.05, 4.69) is 4.84 Å². The normalized spacial score (nSPS) is 11.3. The number of hydrogen-bond donors (Lipinski definition) is 2.